The number of halogens is 1. The summed E-state index contributed by atoms with van der Waals surface area (Å²) in [5.41, 5.74) is 2.92. The van der Waals surface area contributed by atoms with Gasteiger partial charge >= 0.3 is 5.97 Å². The Hall–Kier alpha value is -1.36. The Balaban J connectivity index is 1.59. The third-order valence-electron chi connectivity index (χ3n) is 5.55. The van der Waals surface area contributed by atoms with E-state index in [9.17, 15) is 9.59 Å². The first-order valence-electron chi connectivity index (χ1n) is 7.74. The molecular weight excluding hydrogens is 346 g/mol. The van der Waals surface area contributed by atoms with Crippen LogP contribution in [0.3, 0.4) is 0 Å². The lowest BCUT2D eigenvalue weighted by molar-refractivity contribution is -0.145. The van der Waals surface area contributed by atoms with E-state index in [2.05, 4.69) is 21.2 Å². The maximum atomic E-state index is 12.8. The van der Waals surface area contributed by atoms with E-state index in [4.69, 9.17) is 4.74 Å². The third kappa shape index (κ3) is 1.94. The Bertz CT molecular complexity index is 685. The molecule has 5 heteroatoms. The van der Waals surface area contributed by atoms with Crippen LogP contribution in [0.25, 0.3) is 0 Å². The predicted octanol–water partition coefficient (Wildman–Crippen LogP) is 3.20. The molecule has 2 saturated carbocycles. The summed E-state index contributed by atoms with van der Waals surface area (Å²) in [6.45, 7) is 3.97. The standard InChI is InChI=1S/C17H18BrNO3/c1-7-4-12(8(2)3-11(7)18)19-16(20)14-9-5-10-13(6-9)22-17(21)15(10)14/h3-4,9-10,13-15H,5-6H2,1-2H3,(H,19,20)/t9-,10+,13+,14-,15+/m1/s1. The number of fused-ring (bicyclic) bond motifs is 1. The second kappa shape index (κ2) is 4.82. The van der Waals surface area contributed by atoms with Gasteiger partial charge in [0.2, 0.25) is 5.91 Å². The van der Waals surface area contributed by atoms with Crippen molar-refractivity contribution in [3.05, 3.63) is 27.7 Å². The average Bonchev–Trinajstić information content (AvgIpc) is 3.05. The van der Waals surface area contributed by atoms with E-state index in [0.29, 0.717) is 5.92 Å². The topological polar surface area (TPSA) is 55.4 Å². The molecule has 3 fully saturated rings. The van der Waals surface area contributed by atoms with Crippen LogP contribution in [0.1, 0.15) is 24.0 Å². The van der Waals surface area contributed by atoms with Crippen LogP contribution in [-0.2, 0) is 14.3 Å². The molecule has 0 spiro atoms. The lowest BCUT2D eigenvalue weighted by Crippen LogP contribution is -2.36. The highest BCUT2D eigenvalue weighted by molar-refractivity contribution is 9.10. The second-order valence-electron chi connectivity index (χ2n) is 6.83. The van der Waals surface area contributed by atoms with Crippen molar-refractivity contribution in [1.82, 2.24) is 0 Å². The van der Waals surface area contributed by atoms with Crippen molar-refractivity contribution in [1.29, 1.82) is 0 Å². The van der Waals surface area contributed by atoms with E-state index >= 15 is 0 Å². The third-order valence-corrected chi connectivity index (χ3v) is 6.40. The molecule has 2 aliphatic carbocycles. The molecule has 1 aromatic rings. The smallest absolute Gasteiger partial charge is 0.310 e. The van der Waals surface area contributed by atoms with Gasteiger partial charge in [-0.05, 0) is 55.9 Å². The zero-order chi connectivity index (χ0) is 15.6. The molecule has 4 nitrogen and oxygen atoms in total. The molecule has 0 aromatic heterocycles. The van der Waals surface area contributed by atoms with Gasteiger partial charge in [-0.1, -0.05) is 15.9 Å². The summed E-state index contributed by atoms with van der Waals surface area (Å²) in [5, 5.41) is 3.04. The van der Waals surface area contributed by atoms with Crippen molar-refractivity contribution in [3.8, 4) is 0 Å². The zero-order valence-corrected chi connectivity index (χ0v) is 14.1. The monoisotopic (exact) mass is 363 g/mol. The lowest BCUT2D eigenvalue weighted by Gasteiger charge is -2.24. The number of hydrogen-bond acceptors (Lipinski definition) is 3. The van der Waals surface area contributed by atoms with Gasteiger partial charge in [0, 0.05) is 16.1 Å². The molecule has 1 N–H and O–H groups in total. The van der Waals surface area contributed by atoms with Crippen LogP contribution in [-0.4, -0.2) is 18.0 Å². The number of carbonyl (C=O) groups excluding carboxylic acids is 2. The summed E-state index contributed by atoms with van der Waals surface area (Å²) in [6, 6.07) is 3.98. The van der Waals surface area contributed by atoms with Gasteiger partial charge < -0.3 is 10.1 Å². The van der Waals surface area contributed by atoms with Gasteiger partial charge in [0.1, 0.15) is 6.10 Å². The highest BCUT2D eigenvalue weighted by Crippen LogP contribution is 2.57. The van der Waals surface area contributed by atoms with E-state index in [1.165, 1.54) is 0 Å². The van der Waals surface area contributed by atoms with Crippen LogP contribution >= 0.6 is 15.9 Å². The molecule has 3 aliphatic rings. The number of rotatable bonds is 2. The molecule has 1 amide bonds. The van der Waals surface area contributed by atoms with Crippen LogP contribution in [0.15, 0.2) is 16.6 Å². The summed E-state index contributed by atoms with van der Waals surface area (Å²) < 4.78 is 6.44. The van der Waals surface area contributed by atoms with E-state index in [-0.39, 0.29) is 35.7 Å². The van der Waals surface area contributed by atoms with Crippen LogP contribution in [0.2, 0.25) is 0 Å². The molecule has 116 valence electrons. The minimum absolute atomic E-state index is 0.0281. The predicted molar refractivity (Wildman–Crippen MR) is 85.3 cm³/mol. The van der Waals surface area contributed by atoms with Gasteiger partial charge in [-0.25, -0.2) is 0 Å². The van der Waals surface area contributed by atoms with Gasteiger partial charge in [0.05, 0.1) is 11.8 Å². The van der Waals surface area contributed by atoms with E-state index in [0.717, 1.165) is 34.1 Å². The fraction of sp³-hybridized carbons (Fsp3) is 0.529. The molecule has 4 rings (SSSR count). The number of benzene rings is 1. The van der Waals surface area contributed by atoms with Crippen molar-refractivity contribution in [2.24, 2.45) is 23.7 Å². The van der Waals surface area contributed by atoms with Gasteiger partial charge in [0.15, 0.2) is 0 Å². The Morgan fingerprint density at radius 1 is 1.27 bits per heavy atom. The molecule has 5 atom stereocenters. The number of anilines is 1. The van der Waals surface area contributed by atoms with Crippen LogP contribution in [0, 0.1) is 37.5 Å². The van der Waals surface area contributed by atoms with Crippen molar-refractivity contribution in [3.63, 3.8) is 0 Å². The maximum absolute atomic E-state index is 12.8. The van der Waals surface area contributed by atoms with E-state index < -0.39 is 0 Å². The minimum atomic E-state index is -0.223. The quantitative estimate of drug-likeness (QED) is 0.820. The molecule has 22 heavy (non-hydrogen) atoms. The maximum Gasteiger partial charge on any atom is 0.310 e. The van der Waals surface area contributed by atoms with Crippen LogP contribution < -0.4 is 5.32 Å². The largest absolute Gasteiger partial charge is 0.462 e. The Morgan fingerprint density at radius 2 is 2.05 bits per heavy atom. The summed E-state index contributed by atoms with van der Waals surface area (Å²) in [6.07, 6.45) is 1.88. The van der Waals surface area contributed by atoms with Gasteiger partial charge in [-0.15, -0.1) is 0 Å². The summed E-state index contributed by atoms with van der Waals surface area (Å²) in [5.74, 6) is -0.0806. The number of esters is 1. The van der Waals surface area contributed by atoms with E-state index in [1.54, 1.807) is 0 Å². The van der Waals surface area contributed by atoms with Crippen molar-refractivity contribution >= 4 is 33.5 Å². The molecule has 2 bridgehead atoms. The number of aryl methyl sites for hydroxylation is 2. The first kappa shape index (κ1) is 14.2. The summed E-state index contributed by atoms with van der Waals surface area (Å²) in [7, 11) is 0. The SMILES string of the molecule is Cc1cc(NC(=O)[C@@H]2[C@@H]3C[C@@H]4[C@@H]2C(=O)O[C@H]4C3)c(C)cc1Br. The first-order valence-corrected chi connectivity index (χ1v) is 8.53. The van der Waals surface area contributed by atoms with E-state index in [1.807, 2.05) is 26.0 Å². The highest BCUT2D eigenvalue weighted by atomic mass is 79.9. The average molecular weight is 364 g/mol. The second-order valence-corrected chi connectivity index (χ2v) is 7.68. The fourth-order valence-corrected chi connectivity index (χ4v) is 4.95. The van der Waals surface area contributed by atoms with Crippen molar-refractivity contribution in [2.75, 3.05) is 5.32 Å². The number of amides is 1. The van der Waals surface area contributed by atoms with Crippen molar-refractivity contribution in [2.45, 2.75) is 32.8 Å². The zero-order valence-electron chi connectivity index (χ0n) is 12.6. The molecular formula is C17H18BrNO3. The number of carbonyl (C=O) groups is 2. The first-order chi connectivity index (χ1) is 10.5. The molecule has 1 aromatic carbocycles. The highest BCUT2D eigenvalue weighted by Gasteiger charge is 2.63. The molecule has 0 unspecified atom stereocenters. The Kier molecular flexibility index (Phi) is 3.12. The van der Waals surface area contributed by atoms with Gasteiger partial charge in [-0.3, -0.25) is 9.59 Å². The molecule has 1 heterocycles. The Morgan fingerprint density at radius 3 is 2.82 bits per heavy atom. The van der Waals surface area contributed by atoms with Gasteiger partial charge in [-0.2, -0.15) is 0 Å². The summed E-state index contributed by atoms with van der Waals surface area (Å²) >= 11 is 3.50. The fourth-order valence-electron chi connectivity index (χ4n) is 4.49. The Labute approximate surface area is 137 Å². The van der Waals surface area contributed by atoms with Gasteiger partial charge in [0.25, 0.3) is 0 Å². The van der Waals surface area contributed by atoms with Crippen molar-refractivity contribution < 1.29 is 14.3 Å². The number of hydrogen-bond donors (Lipinski definition) is 1. The normalized spacial score (nSPS) is 34.9. The number of ether oxygens (including phenoxy) is 1. The number of nitrogens with one attached hydrogen (secondary N) is 1. The molecule has 0 radical (unpaired) electrons. The van der Waals surface area contributed by atoms with Crippen LogP contribution in [0.4, 0.5) is 5.69 Å². The molecule has 1 aliphatic heterocycles. The molecule has 1 saturated heterocycles. The minimum Gasteiger partial charge on any atom is -0.462 e. The van der Waals surface area contributed by atoms with Crippen LogP contribution in [0.5, 0.6) is 0 Å². The lowest BCUT2D eigenvalue weighted by atomic mass is 9.79. The summed E-state index contributed by atoms with van der Waals surface area (Å²) in [4.78, 5) is 24.8.